The van der Waals surface area contributed by atoms with Crippen molar-refractivity contribution in [2.45, 2.75) is 19.8 Å². The van der Waals surface area contributed by atoms with Crippen molar-refractivity contribution >= 4 is 29.2 Å². The Bertz CT molecular complexity index is 692. The molecule has 2 N–H and O–H groups in total. The third-order valence-electron chi connectivity index (χ3n) is 3.01. The van der Waals surface area contributed by atoms with Crippen LogP contribution in [0.3, 0.4) is 0 Å². The van der Waals surface area contributed by atoms with E-state index in [1.807, 2.05) is 0 Å². The van der Waals surface area contributed by atoms with E-state index in [1.165, 1.54) is 13.2 Å². The van der Waals surface area contributed by atoms with Crippen LogP contribution < -0.4 is 10.6 Å². The van der Waals surface area contributed by atoms with Crippen LogP contribution >= 0.6 is 0 Å². The van der Waals surface area contributed by atoms with E-state index < -0.39 is 11.9 Å². The summed E-state index contributed by atoms with van der Waals surface area (Å²) in [6.07, 6.45) is 2.11. The summed E-state index contributed by atoms with van der Waals surface area (Å²) in [5.41, 5.74) is 1.17. The maximum Gasteiger partial charge on any atom is 0.306 e. The molecule has 0 bridgehead atoms. The SMILES string of the molecule is CC(=O)Nc1ccc(NC(=O)COC(=O)CCc2ccco2)cc1. The molecule has 2 amide bonds. The van der Waals surface area contributed by atoms with Crippen molar-refractivity contribution in [2.75, 3.05) is 17.2 Å². The van der Waals surface area contributed by atoms with E-state index in [-0.39, 0.29) is 18.9 Å². The molecule has 0 aliphatic heterocycles. The highest BCUT2D eigenvalue weighted by Crippen LogP contribution is 2.13. The Morgan fingerprint density at radius 3 is 2.29 bits per heavy atom. The van der Waals surface area contributed by atoms with Crippen LogP contribution in [0.2, 0.25) is 0 Å². The minimum absolute atomic E-state index is 0.145. The Morgan fingerprint density at radius 1 is 1.04 bits per heavy atom. The molecule has 1 heterocycles. The quantitative estimate of drug-likeness (QED) is 0.760. The Morgan fingerprint density at radius 2 is 1.71 bits per heavy atom. The molecule has 126 valence electrons. The number of ether oxygens (including phenoxy) is 1. The van der Waals surface area contributed by atoms with Gasteiger partial charge in [0.2, 0.25) is 5.91 Å². The molecule has 0 fully saturated rings. The average Bonchev–Trinajstić information content (AvgIpc) is 3.06. The largest absolute Gasteiger partial charge is 0.469 e. The van der Waals surface area contributed by atoms with Crippen LogP contribution in [-0.2, 0) is 25.5 Å². The van der Waals surface area contributed by atoms with Crippen LogP contribution in [0.5, 0.6) is 0 Å². The lowest BCUT2D eigenvalue weighted by molar-refractivity contribution is -0.147. The van der Waals surface area contributed by atoms with E-state index in [0.29, 0.717) is 23.6 Å². The van der Waals surface area contributed by atoms with Crippen LogP contribution in [-0.4, -0.2) is 24.4 Å². The molecule has 1 aromatic heterocycles. The Labute approximate surface area is 139 Å². The number of furan rings is 1. The highest BCUT2D eigenvalue weighted by atomic mass is 16.5. The lowest BCUT2D eigenvalue weighted by Crippen LogP contribution is -2.21. The molecule has 2 aromatic rings. The highest BCUT2D eigenvalue weighted by Gasteiger charge is 2.09. The van der Waals surface area contributed by atoms with Gasteiger partial charge in [-0.15, -0.1) is 0 Å². The van der Waals surface area contributed by atoms with Crippen LogP contribution in [0.15, 0.2) is 47.1 Å². The van der Waals surface area contributed by atoms with E-state index in [0.717, 1.165) is 0 Å². The first-order valence-electron chi connectivity index (χ1n) is 7.38. The Hall–Kier alpha value is -3.09. The van der Waals surface area contributed by atoms with Crippen molar-refractivity contribution in [3.8, 4) is 0 Å². The summed E-state index contributed by atoms with van der Waals surface area (Å²) < 4.78 is 10.0. The van der Waals surface area contributed by atoms with Crippen molar-refractivity contribution < 1.29 is 23.5 Å². The maximum absolute atomic E-state index is 11.7. The van der Waals surface area contributed by atoms with E-state index in [9.17, 15) is 14.4 Å². The van der Waals surface area contributed by atoms with Gasteiger partial charge in [0, 0.05) is 24.7 Å². The molecule has 0 spiro atoms. The molecule has 0 radical (unpaired) electrons. The van der Waals surface area contributed by atoms with Crippen LogP contribution in [0.25, 0.3) is 0 Å². The fourth-order valence-corrected chi connectivity index (χ4v) is 1.94. The molecule has 0 aliphatic carbocycles. The number of amides is 2. The van der Waals surface area contributed by atoms with Gasteiger partial charge in [-0.2, -0.15) is 0 Å². The number of carbonyl (C=O) groups is 3. The molecule has 0 saturated heterocycles. The van der Waals surface area contributed by atoms with Crippen molar-refractivity contribution in [1.82, 2.24) is 0 Å². The van der Waals surface area contributed by atoms with Gasteiger partial charge in [0.05, 0.1) is 12.7 Å². The number of esters is 1. The number of nitrogens with one attached hydrogen (secondary N) is 2. The number of carbonyl (C=O) groups excluding carboxylic acids is 3. The maximum atomic E-state index is 11.7. The Balaban J connectivity index is 1.70. The average molecular weight is 330 g/mol. The first kappa shape index (κ1) is 17.3. The lowest BCUT2D eigenvalue weighted by Gasteiger charge is -2.07. The molecular formula is C17H18N2O5. The molecule has 0 atom stereocenters. The molecule has 7 heteroatoms. The molecule has 0 saturated carbocycles. The minimum atomic E-state index is -0.470. The Kier molecular flexibility index (Phi) is 6.13. The summed E-state index contributed by atoms with van der Waals surface area (Å²) in [6.45, 7) is 1.06. The van der Waals surface area contributed by atoms with Gasteiger partial charge in [0.15, 0.2) is 6.61 Å². The molecule has 0 aliphatic rings. The zero-order valence-corrected chi connectivity index (χ0v) is 13.2. The van der Waals surface area contributed by atoms with E-state index in [1.54, 1.807) is 36.4 Å². The monoisotopic (exact) mass is 330 g/mol. The molecule has 0 unspecified atom stereocenters. The van der Waals surface area contributed by atoms with Gasteiger partial charge in [-0.3, -0.25) is 14.4 Å². The van der Waals surface area contributed by atoms with Gasteiger partial charge in [-0.1, -0.05) is 0 Å². The number of hydrogen-bond donors (Lipinski definition) is 2. The topological polar surface area (TPSA) is 97.6 Å². The highest BCUT2D eigenvalue weighted by molar-refractivity contribution is 5.93. The van der Waals surface area contributed by atoms with Gasteiger partial charge in [-0.25, -0.2) is 0 Å². The van der Waals surface area contributed by atoms with Crippen molar-refractivity contribution in [3.05, 3.63) is 48.4 Å². The third-order valence-corrected chi connectivity index (χ3v) is 3.01. The predicted molar refractivity (Wildman–Crippen MR) is 87.4 cm³/mol. The van der Waals surface area contributed by atoms with Crippen LogP contribution in [0, 0.1) is 0 Å². The van der Waals surface area contributed by atoms with Gasteiger partial charge >= 0.3 is 5.97 Å². The summed E-state index contributed by atoms with van der Waals surface area (Å²) in [5, 5.41) is 5.22. The van der Waals surface area contributed by atoms with Crippen molar-refractivity contribution in [1.29, 1.82) is 0 Å². The van der Waals surface area contributed by atoms with E-state index in [4.69, 9.17) is 9.15 Å². The summed E-state index contributed by atoms with van der Waals surface area (Å²) in [4.78, 5) is 34.2. The second kappa shape index (κ2) is 8.52. The van der Waals surface area contributed by atoms with Crippen LogP contribution in [0.1, 0.15) is 19.1 Å². The second-order valence-corrected chi connectivity index (χ2v) is 5.05. The first-order valence-corrected chi connectivity index (χ1v) is 7.38. The van der Waals surface area contributed by atoms with Gasteiger partial charge in [0.25, 0.3) is 5.91 Å². The van der Waals surface area contributed by atoms with Gasteiger partial charge in [0.1, 0.15) is 5.76 Å². The fraction of sp³-hybridized carbons (Fsp3) is 0.235. The number of aryl methyl sites for hydroxylation is 1. The summed E-state index contributed by atoms with van der Waals surface area (Å²) >= 11 is 0. The van der Waals surface area contributed by atoms with Gasteiger partial charge < -0.3 is 19.8 Å². The number of rotatable bonds is 7. The van der Waals surface area contributed by atoms with Crippen LogP contribution in [0.4, 0.5) is 11.4 Å². The smallest absolute Gasteiger partial charge is 0.306 e. The summed E-state index contributed by atoms with van der Waals surface area (Å²) in [5.74, 6) is -0.389. The predicted octanol–water partition coefficient (Wildman–Crippen LogP) is 2.35. The molecule has 2 rings (SSSR count). The number of hydrogen-bond acceptors (Lipinski definition) is 5. The second-order valence-electron chi connectivity index (χ2n) is 5.05. The first-order chi connectivity index (χ1) is 11.5. The van der Waals surface area contributed by atoms with Crippen molar-refractivity contribution in [2.24, 2.45) is 0 Å². The minimum Gasteiger partial charge on any atom is -0.469 e. The van der Waals surface area contributed by atoms with Crippen molar-refractivity contribution in [3.63, 3.8) is 0 Å². The molecular weight excluding hydrogens is 312 g/mol. The van der Waals surface area contributed by atoms with E-state index in [2.05, 4.69) is 10.6 Å². The number of anilines is 2. The fourth-order valence-electron chi connectivity index (χ4n) is 1.94. The standard InChI is InChI=1S/C17H18N2O5/c1-12(20)18-13-4-6-14(7-5-13)19-16(21)11-24-17(22)9-8-15-3-2-10-23-15/h2-7,10H,8-9,11H2,1H3,(H,18,20)(H,19,21). The zero-order chi connectivity index (χ0) is 17.4. The normalized spacial score (nSPS) is 10.0. The number of benzene rings is 1. The third kappa shape index (κ3) is 5.96. The molecule has 24 heavy (non-hydrogen) atoms. The molecule has 7 nitrogen and oxygen atoms in total. The molecule has 1 aromatic carbocycles. The van der Waals surface area contributed by atoms with E-state index >= 15 is 0 Å². The lowest BCUT2D eigenvalue weighted by atomic mass is 10.2. The summed E-state index contributed by atoms with van der Waals surface area (Å²) in [7, 11) is 0. The summed E-state index contributed by atoms with van der Waals surface area (Å²) in [6, 6.07) is 10.1. The zero-order valence-electron chi connectivity index (χ0n) is 13.2. The van der Waals surface area contributed by atoms with Gasteiger partial charge in [-0.05, 0) is 36.4 Å².